The van der Waals surface area contributed by atoms with E-state index in [2.05, 4.69) is 20.2 Å². The van der Waals surface area contributed by atoms with Crippen LogP contribution in [0.2, 0.25) is 0 Å². The van der Waals surface area contributed by atoms with Crippen molar-refractivity contribution in [2.75, 3.05) is 23.7 Å². The number of amides is 1. The highest BCUT2D eigenvalue weighted by Crippen LogP contribution is 2.34. The highest BCUT2D eigenvalue weighted by Gasteiger charge is 2.26. The van der Waals surface area contributed by atoms with Gasteiger partial charge in [-0.15, -0.1) is 0 Å². The van der Waals surface area contributed by atoms with Gasteiger partial charge in [0.1, 0.15) is 5.82 Å². The third-order valence-corrected chi connectivity index (χ3v) is 4.36. The Morgan fingerprint density at radius 3 is 2.33 bits per heavy atom. The molecule has 0 spiro atoms. The summed E-state index contributed by atoms with van der Waals surface area (Å²) in [5, 5.41) is 25.1. The Morgan fingerprint density at radius 2 is 1.78 bits per heavy atom. The van der Waals surface area contributed by atoms with Gasteiger partial charge in [0.25, 0.3) is 12.9 Å². The van der Waals surface area contributed by atoms with Crippen molar-refractivity contribution in [1.29, 1.82) is 0 Å². The van der Waals surface area contributed by atoms with Crippen molar-refractivity contribution in [2.24, 2.45) is 0 Å². The Kier molecular flexibility index (Phi) is 9.34. The van der Waals surface area contributed by atoms with Gasteiger partial charge in [-0.3, -0.25) is 9.59 Å². The first-order valence-corrected chi connectivity index (χ1v) is 8.49. The number of hydrogen-bond acceptors (Lipinski definition) is 7. The van der Waals surface area contributed by atoms with E-state index in [1.54, 1.807) is 0 Å². The number of aromatic nitrogens is 2. The SMILES string of the molecule is Nc1nc(C2CCCC2)cc(N2CCC(NC(=O)O)C2)n1.O=CO.O=CO. The maximum Gasteiger partial charge on any atom is 0.404 e. The molecule has 0 radical (unpaired) electrons. The van der Waals surface area contributed by atoms with Crippen molar-refractivity contribution in [3.8, 4) is 0 Å². The van der Waals surface area contributed by atoms with Crippen LogP contribution in [0.15, 0.2) is 6.07 Å². The van der Waals surface area contributed by atoms with Crippen LogP contribution in [-0.4, -0.2) is 63.5 Å². The zero-order chi connectivity index (χ0) is 20.2. The van der Waals surface area contributed by atoms with Gasteiger partial charge in [0.2, 0.25) is 5.95 Å². The predicted octanol–water partition coefficient (Wildman–Crippen LogP) is 0.964. The fourth-order valence-electron chi connectivity index (χ4n) is 3.32. The lowest BCUT2D eigenvalue weighted by molar-refractivity contribution is -0.123. The van der Waals surface area contributed by atoms with E-state index in [9.17, 15) is 4.79 Å². The molecule has 1 aromatic heterocycles. The van der Waals surface area contributed by atoms with Crippen molar-refractivity contribution < 1.29 is 29.7 Å². The topological polar surface area (TPSA) is 179 Å². The van der Waals surface area contributed by atoms with Crippen molar-refractivity contribution in [3.63, 3.8) is 0 Å². The van der Waals surface area contributed by atoms with E-state index < -0.39 is 6.09 Å². The number of anilines is 2. The molecule has 27 heavy (non-hydrogen) atoms. The summed E-state index contributed by atoms with van der Waals surface area (Å²) in [7, 11) is 0. The first kappa shape index (κ1) is 21.9. The van der Waals surface area contributed by atoms with Gasteiger partial charge in [-0.25, -0.2) is 9.78 Å². The number of carboxylic acid groups (broad SMARTS) is 3. The van der Waals surface area contributed by atoms with E-state index in [4.69, 9.17) is 30.6 Å². The molecule has 0 aromatic carbocycles. The Bertz CT molecular complexity index is 617. The maximum absolute atomic E-state index is 10.7. The quantitative estimate of drug-likeness (QED) is 0.472. The molecule has 150 valence electrons. The molecule has 3 rings (SSSR count). The molecule has 1 aliphatic heterocycles. The van der Waals surface area contributed by atoms with Crippen molar-refractivity contribution in [2.45, 2.75) is 44.1 Å². The monoisotopic (exact) mass is 383 g/mol. The molecule has 1 atom stereocenters. The number of hydrogen-bond donors (Lipinski definition) is 5. The van der Waals surface area contributed by atoms with Crippen LogP contribution in [0.1, 0.15) is 43.7 Å². The second-order valence-corrected chi connectivity index (χ2v) is 6.08. The van der Waals surface area contributed by atoms with E-state index in [1.165, 1.54) is 25.7 Å². The Labute approximate surface area is 156 Å². The molecule has 1 aliphatic carbocycles. The van der Waals surface area contributed by atoms with Gasteiger partial charge >= 0.3 is 6.09 Å². The molecule has 2 fully saturated rings. The van der Waals surface area contributed by atoms with Gasteiger partial charge in [-0.05, 0) is 19.3 Å². The first-order valence-electron chi connectivity index (χ1n) is 8.49. The van der Waals surface area contributed by atoms with Crippen LogP contribution in [0, 0.1) is 0 Å². The third-order valence-electron chi connectivity index (χ3n) is 4.36. The summed E-state index contributed by atoms with van der Waals surface area (Å²) < 4.78 is 0. The second kappa shape index (κ2) is 11.5. The van der Waals surface area contributed by atoms with Crippen molar-refractivity contribution in [3.05, 3.63) is 11.8 Å². The number of nitrogens with two attached hydrogens (primary N) is 1. The summed E-state index contributed by atoms with van der Waals surface area (Å²) >= 11 is 0. The molecule has 0 bridgehead atoms. The van der Waals surface area contributed by atoms with Crippen molar-refractivity contribution in [1.82, 2.24) is 15.3 Å². The first-order chi connectivity index (χ1) is 12.9. The van der Waals surface area contributed by atoms with Crippen LogP contribution < -0.4 is 16.0 Å². The summed E-state index contributed by atoms with van der Waals surface area (Å²) in [6.45, 7) is 0.915. The molecule has 1 saturated heterocycles. The minimum atomic E-state index is -0.976. The summed E-state index contributed by atoms with van der Waals surface area (Å²) in [6.07, 6.45) is 4.64. The number of carbonyl (C=O) groups is 3. The van der Waals surface area contributed by atoms with Gasteiger partial charge in [0.15, 0.2) is 0 Å². The standard InChI is InChI=1S/C14H21N5O2.2CH2O2/c15-13-17-11(9-3-1-2-4-9)7-12(18-13)19-6-5-10(8-19)16-14(20)21;2*2-1-3/h7,9-10,16H,1-6,8H2,(H,20,21)(H2,15,17,18);2*1H,(H,2,3). The van der Waals surface area contributed by atoms with E-state index in [1.807, 2.05) is 6.07 Å². The molecule has 1 amide bonds. The van der Waals surface area contributed by atoms with Gasteiger partial charge in [-0.1, -0.05) is 12.8 Å². The molecule has 11 nitrogen and oxygen atoms in total. The molecular formula is C16H25N5O6. The second-order valence-electron chi connectivity index (χ2n) is 6.08. The lowest BCUT2D eigenvalue weighted by Gasteiger charge is -2.19. The molecule has 1 aromatic rings. The van der Waals surface area contributed by atoms with Gasteiger partial charge in [0.05, 0.1) is 11.7 Å². The van der Waals surface area contributed by atoms with Crippen LogP contribution in [0.5, 0.6) is 0 Å². The molecule has 2 heterocycles. The lowest BCUT2D eigenvalue weighted by atomic mass is 10.0. The minimum absolute atomic E-state index is 0.0476. The van der Waals surface area contributed by atoms with Crippen LogP contribution in [0.3, 0.4) is 0 Å². The van der Waals surface area contributed by atoms with Crippen LogP contribution >= 0.6 is 0 Å². The van der Waals surface area contributed by atoms with Gasteiger partial charge < -0.3 is 31.3 Å². The normalized spacial score (nSPS) is 18.5. The number of rotatable bonds is 3. The fraction of sp³-hybridized carbons (Fsp3) is 0.562. The highest BCUT2D eigenvalue weighted by atomic mass is 16.4. The van der Waals surface area contributed by atoms with Gasteiger partial charge in [-0.2, -0.15) is 4.98 Å². The highest BCUT2D eigenvalue weighted by molar-refractivity contribution is 5.65. The average molecular weight is 383 g/mol. The van der Waals surface area contributed by atoms with Crippen LogP contribution in [0.4, 0.5) is 16.6 Å². The largest absolute Gasteiger partial charge is 0.483 e. The van der Waals surface area contributed by atoms with Crippen LogP contribution in [0.25, 0.3) is 0 Å². The summed E-state index contributed by atoms with van der Waals surface area (Å²) in [5.41, 5.74) is 6.88. The molecule has 6 N–H and O–H groups in total. The average Bonchev–Trinajstić information content (AvgIpc) is 3.27. The Balaban J connectivity index is 0.000000540. The fourth-order valence-corrected chi connectivity index (χ4v) is 3.32. The summed E-state index contributed by atoms with van der Waals surface area (Å²) in [4.78, 5) is 38.2. The maximum atomic E-state index is 10.7. The van der Waals surface area contributed by atoms with E-state index >= 15 is 0 Å². The van der Waals surface area contributed by atoms with Gasteiger partial charge in [0, 0.05) is 25.1 Å². The summed E-state index contributed by atoms with van der Waals surface area (Å²) in [5.74, 6) is 1.62. The summed E-state index contributed by atoms with van der Waals surface area (Å²) in [6, 6.07) is 1.98. The number of nitrogens with one attached hydrogen (secondary N) is 1. The van der Waals surface area contributed by atoms with Crippen molar-refractivity contribution >= 4 is 30.8 Å². The Hall–Kier alpha value is -3.11. The molecular weight excluding hydrogens is 358 g/mol. The van der Waals surface area contributed by atoms with Crippen LogP contribution in [-0.2, 0) is 9.59 Å². The van der Waals surface area contributed by atoms with E-state index in [0.717, 1.165) is 24.5 Å². The lowest BCUT2D eigenvalue weighted by Crippen LogP contribution is -2.36. The molecule has 1 saturated carbocycles. The molecule has 11 heteroatoms. The molecule has 1 unspecified atom stereocenters. The number of nitrogen functional groups attached to an aromatic ring is 1. The Morgan fingerprint density at radius 1 is 1.19 bits per heavy atom. The predicted molar refractivity (Wildman–Crippen MR) is 96.8 cm³/mol. The minimum Gasteiger partial charge on any atom is -0.483 e. The third kappa shape index (κ3) is 7.34. The smallest absolute Gasteiger partial charge is 0.404 e. The zero-order valence-corrected chi connectivity index (χ0v) is 14.8. The van der Waals surface area contributed by atoms with E-state index in [-0.39, 0.29) is 19.0 Å². The molecule has 2 aliphatic rings. The van der Waals surface area contributed by atoms with E-state index in [0.29, 0.717) is 18.4 Å². The zero-order valence-electron chi connectivity index (χ0n) is 14.8. The number of nitrogens with zero attached hydrogens (tertiary/aromatic N) is 3.